The van der Waals surface area contributed by atoms with Crippen molar-refractivity contribution in [1.29, 1.82) is 0 Å². The van der Waals surface area contributed by atoms with E-state index >= 15 is 0 Å². The zero-order valence-electron chi connectivity index (χ0n) is 8.97. The van der Waals surface area contributed by atoms with E-state index in [0.29, 0.717) is 5.39 Å². The molecule has 0 amide bonds. The fraction of sp³-hybridized carbons (Fsp3) is 0.273. The molecule has 16 heavy (non-hydrogen) atoms. The second-order valence-electron chi connectivity index (χ2n) is 3.42. The van der Waals surface area contributed by atoms with Crippen LogP contribution < -0.4 is 5.56 Å². The van der Waals surface area contributed by atoms with E-state index in [9.17, 15) is 9.59 Å². The number of carbonyl (C=O) groups excluding carboxylic acids is 1. The van der Waals surface area contributed by atoms with E-state index < -0.39 is 6.04 Å². The van der Waals surface area contributed by atoms with Gasteiger partial charge >= 0.3 is 98.1 Å². The van der Waals surface area contributed by atoms with Crippen LogP contribution in [0.3, 0.4) is 0 Å². The molecule has 0 saturated carbocycles. The summed E-state index contributed by atoms with van der Waals surface area (Å²) in [6.07, 6.45) is 0. The van der Waals surface area contributed by atoms with Crippen LogP contribution in [0.25, 0.3) is 9.65 Å². The number of aromatic nitrogens is 1. The predicted octanol–water partition coefficient (Wildman–Crippen LogP) is 0.792. The van der Waals surface area contributed by atoms with Gasteiger partial charge in [-0.25, -0.2) is 0 Å². The first-order valence-corrected chi connectivity index (χ1v) is 6.46. The molecule has 0 bridgehead atoms. The Labute approximate surface area is 98.4 Å². The average molecular weight is 284 g/mol. The van der Waals surface area contributed by atoms with Crippen molar-refractivity contribution >= 4 is 30.3 Å². The maximum absolute atomic E-state index is 12.0. The zero-order chi connectivity index (χ0) is 11.7. The summed E-state index contributed by atoms with van der Waals surface area (Å²) in [6.45, 7) is 1.69. The number of carbonyl (C=O) groups is 1. The van der Waals surface area contributed by atoms with E-state index in [0.717, 1.165) is 4.26 Å². The molecule has 0 aliphatic rings. The molecule has 1 atom stereocenters. The number of fused-ring (bicyclic) bond motifs is 1. The SMILES string of the molecule is COC(=O)C(C)n1[se]c2ccccc2c1=O. The molecule has 4 nitrogen and oxygen atoms in total. The van der Waals surface area contributed by atoms with Crippen LogP contribution in [-0.4, -0.2) is 31.4 Å². The van der Waals surface area contributed by atoms with E-state index in [1.165, 1.54) is 7.11 Å². The Balaban J connectivity index is 2.58. The third-order valence-electron chi connectivity index (χ3n) is 2.41. The Morgan fingerprint density at radius 3 is 2.75 bits per heavy atom. The topological polar surface area (TPSA) is 48.3 Å². The normalized spacial score (nSPS) is 12.6. The molecule has 0 fully saturated rings. The standard InChI is InChI=1S/C11H11NO3Se/c1-7(11(14)15-2)12-10(13)8-5-3-4-6-9(8)16-12/h3-7H,1-2H3. The fourth-order valence-corrected chi connectivity index (χ4v) is 3.67. The molecule has 0 aliphatic carbocycles. The van der Waals surface area contributed by atoms with Crippen molar-refractivity contribution in [3.63, 3.8) is 0 Å². The molecule has 0 N–H and O–H groups in total. The van der Waals surface area contributed by atoms with Gasteiger partial charge in [-0.05, 0) is 0 Å². The van der Waals surface area contributed by atoms with Crippen LogP contribution in [0, 0.1) is 0 Å². The quantitative estimate of drug-likeness (QED) is 0.605. The summed E-state index contributed by atoms with van der Waals surface area (Å²) in [7, 11) is 1.33. The van der Waals surface area contributed by atoms with Gasteiger partial charge in [-0.2, -0.15) is 0 Å². The van der Waals surface area contributed by atoms with Gasteiger partial charge in [0.25, 0.3) is 0 Å². The molecule has 0 saturated heterocycles. The molecule has 1 aromatic carbocycles. The van der Waals surface area contributed by atoms with E-state index in [1.54, 1.807) is 16.6 Å². The van der Waals surface area contributed by atoms with E-state index in [-0.39, 0.29) is 26.3 Å². The number of methoxy groups -OCH3 is 1. The van der Waals surface area contributed by atoms with Gasteiger partial charge in [-0.1, -0.05) is 0 Å². The first kappa shape index (κ1) is 11.2. The van der Waals surface area contributed by atoms with Crippen molar-refractivity contribution in [3.8, 4) is 0 Å². The number of rotatable bonds is 2. The molecule has 5 heteroatoms. The molecule has 0 aliphatic heterocycles. The van der Waals surface area contributed by atoms with E-state index in [4.69, 9.17) is 0 Å². The third kappa shape index (κ3) is 1.72. The van der Waals surface area contributed by atoms with Crippen LogP contribution >= 0.6 is 0 Å². The molecule has 1 heterocycles. The van der Waals surface area contributed by atoms with Gasteiger partial charge in [0.1, 0.15) is 0 Å². The van der Waals surface area contributed by atoms with Gasteiger partial charge in [-0.3, -0.25) is 0 Å². The number of benzene rings is 1. The summed E-state index contributed by atoms with van der Waals surface area (Å²) >= 11 is -0.124. The van der Waals surface area contributed by atoms with Gasteiger partial charge < -0.3 is 0 Å². The van der Waals surface area contributed by atoms with Crippen molar-refractivity contribution < 1.29 is 9.53 Å². The van der Waals surface area contributed by atoms with Crippen molar-refractivity contribution in [2.75, 3.05) is 7.11 Å². The van der Waals surface area contributed by atoms with E-state index in [2.05, 4.69) is 4.74 Å². The Morgan fingerprint density at radius 1 is 1.44 bits per heavy atom. The fourth-order valence-electron chi connectivity index (χ4n) is 1.51. The molecule has 2 aromatic rings. The molecule has 1 aromatic heterocycles. The number of esters is 1. The average Bonchev–Trinajstić information content (AvgIpc) is 2.65. The van der Waals surface area contributed by atoms with Gasteiger partial charge in [-0.15, -0.1) is 0 Å². The van der Waals surface area contributed by atoms with Gasteiger partial charge in [0.05, 0.1) is 0 Å². The monoisotopic (exact) mass is 285 g/mol. The van der Waals surface area contributed by atoms with Gasteiger partial charge in [0, 0.05) is 0 Å². The number of hydrogen-bond donors (Lipinski definition) is 0. The molecule has 2 rings (SSSR count). The Kier molecular flexibility index (Phi) is 2.99. The van der Waals surface area contributed by atoms with Gasteiger partial charge in [0.2, 0.25) is 0 Å². The summed E-state index contributed by atoms with van der Waals surface area (Å²) in [5.41, 5.74) is -0.0755. The van der Waals surface area contributed by atoms with Crippen LogP contribution in [0.5, 0.6) is 0 Å². The first-order chi connectivity index (χ1) is 7.65. The molecular weight excluding hydrogens is 273 g/mol. The predicted molar refractivity (Wildman–Crippen MR) is 61.9 cm³/mol. The number of hydrogen-bond acceptors (Lipinski definition) is 3. The van der Waals surface area contributed by atoms with Gasteiger partial charge in [0.15, 0.2) is 0 Å². The van der Waals surface area contributed by atoms with Crippen molar-refractivity contribution in [2.45, 2.75) is 13.0 Å². The van der Waals surface area contributed by atoms with Crippen molar-refractivity contribution in [2.24, 2.45) is 0 Å². The summed E-state index contributed by atoms with van der Waals surface area (Å²) < 4.78 is 7.26. The molecule has 1 unspecified atom stereocenters. The summed E-state index contributed by atoms with van der Waals surface area (Å²) in [6, 6.07) is 6.95. The summed E-state index contributed by atoms with van der Waals surface area (Å²) in [5, 5.41) is 0.707. The zero-order valence-corrected chi connectivity index (χ0v) is 10.7. The number of ether oxygens (including phenoxy) is 1. The minimum atomic E-state index is -0.509. The summed E-state index contributed by atoms with van der Waals surface area (Å²) in [5.74, 6) is -0.372. The van der Waals surface area contributed by atoms with Crippen LogP contribution in [0.1, 0.15) is 13.0 Å². The van der Waals surface area contributed by atoms with Crippen LogP contribution in [0.15, 0.2) is 29.1 Å². The maximum atomic E-state index is 12.0. The third-order valence-corrected chi connectivity index (χ3v) is 4.99. The number of nitrogens with zero attached hydrogens (tertiary/aromatic N) is 1. The first-order valence-electron chi connectivity index (χ1n) is 4.83. The Morgan fingerprint density at radius 2 is 2.12 bits per heavy atom. The van der Waals surface area contributed by atoms with Crippen LogP contribution in [0.4, 0.5) is 0 Å². The minimum absolute atomic E-state index is 0.0755. The molecule has 0 spiro atoms. The van der Waals surface area contributed by atoms with Crippen molar-refractivity contribution in [3.05, 3.63) is 34.6 Å². The molecule has 84 valence electrons. The molecule has 0 radical (unpaired) electrons. The van der Waals surface area contributed by atoms with Crippen molar-refractivity contribution in [1.82, 2.24) is 3.56 Å². The summed E-state index contributed by atoms with van der Waals surface area (Å²) in [4.78, 5) is 23.4. The molecular formula is C11H11NO3Se. The Bertz CT molecular complexity index is 584. The van der Waals surface area contributed by atoms with Crippen LogP contribution in [0.2, 0.25) is 0 Å². The second-order valence-corrected chi connectivity index (χ2v) is 5.55. The Hall–Kier alpha value is -1.32. The van der Waals surface area contributed by atoms with Crippen LogP contribution in [-0.2, 0) is 9.53 Å². The van der Waals surface area contributed by atoms with E-state index in [1.807, 2.05) is 18.2 Å². The second kappa shape index (κ2) is 4.28.